The summed E-state index contributed by atoms with van der Waals surface area (Å²) in [4.78, 5) is 12.2. The van der Waals surface area contributed by atoms with Crippen LogP contribution in [0.1, 0.15) is 13.8 Å². The Kier molecular flexibility index (Phi) is 7.49. The molecule has 1 amide bonds. The van der Waals surface area contributed by atoms with E-state index in [4.69, 9.17) is 27.9 Å². The van der Waals surface area contributed by atoms with Crippen LogP contribution in [0.5, 0.6) is 5.75 Å². The number of halogens is 2. The lowest BCUT2D eigenvalue weighted by atomic mass is 10.3. The maximum absolute atomic E-state index is 12.4. The van der Waals surface area contributed by atoms with Crippen LogP contribution in [0.4, 0.5) is 5.69 Å². The average molecular weight is 431 g/mol. The molecule has 2 rings (SSSR count). The van der Waals surface area contributed by atoms with E-state index in [2.05, 4.69) is 5.32 Å². The van der Waals surface area contributed by atoms with Crippen molar-refractivity contribution < 1.29 is 17.9 Å². The fraction of sp³-hybridized carbons (Fsp3) is 0.278. The van der Waals surface area contributed by atoms with E-state index < -0.39 is 10.0 Å². The summed E-state index contributed by atoms with van der Waals surface area (Å²) in [6, 6.07) is 10.7. The summed E-state index contributed by atoms with van der Waals surface area (Å²) < 4.78 is 31.6. The number of carbonyl (C=O) groups excluding carboxylic acids is 1. The number of anilines is 1. The highest BCUT2D eigenvalue weighted by molar-refractivity contribution is 7.89. The third-order valence-corrected chi connectivity index (χ3v) is 6.55. The standard InChI is InChI=1S/C18H20Cl2N2O4S/c1-3-22(4-2)27(24,25)15-8-5-13(6-9-15)21-18(23)12-26-14-7-10-16(19)17(20)11-14/h5-11H,3-4,12H2,1-2H3,(H,21,23). The zero-order chi connectivity index (χ0) is 20.0. The zero-order valence-electron chi connectivity index (χ0n) is 14.9. The number of carbonyl (C=O) groups is 1. The Bertz CT molecular complexity index is 898. The summed E-state index contributed by atoms with van der Waals surface area (Å²) in [5.41, 5.74) is 0.469. The van der Waals surface area contributed by atoms with Gasteiger partial charge in [-0.05, 0) is 36.4 Å². The Labute approximate surface area is 169 Å². The van der Waals surface area contributed by atoms with Gasteiger partial charge in [0.2, 0.25) is 10.0 Å². The van der Waals surface area contributed by atoms with Crippen molar-refractivity contribution in [1.29, 1.82) is 0 Å². The summed E-state index contributed by atoms with van der Waals surface area (Å²) in [6.45, 7) is 4.12. The summed E-state index contributed by atoms with van der Waals surface area (Å²) >= 11 is 11.7. The molecule has 0 saturated heterocycles. The van der Waals surface area contributed by atoms with Gasteiger partial charge < -0.3 is 10.1 Å². The molecule has 0 atom stereocenters. The maximum Gasteiger partial charge on any atom is 0.262 e. The average Bonchev–Trinajstić information content (AvgIpc) is 2.64. The predicted octanol–water partition coefficient (Wildman–Crippen LogP) is 4.04. The van der Waals surface area contributed by atoms with Crippen LogP contribution < -0.4 is 10.1 Å². The van der Waals surface area contributed by atoms with Crippen molar-refractivity contribution in [2.45, 2.75) is 18.7 Å². The fourth-order valence-corrected chi connectivity index (χ4v) is 4.08. The van der Waals surface area contributed by atoms with Gasteiger partial charge in [0.15, 0.2) is 6.61 Å². The maximum atomic E-state index is 12.4. The van der Waals surface area contributed by atoms with Crippen LogP contribution in [0.2, 0.25) is 10.0 Å². The molecule has 0 saturated carbocycles. The highest BCUT2D eigenvalue weighted by Gasteiger charge is 2.21. The Balaban J connectivity index is 1.97. The number of nitrogens with zero attached hydrogens (tertiary/aromatic N) is 1. The summed E-state index contributed by atoms with van der Waals surface area (Å²) in [5.74, 6) is 0.0284. The molecule has 0 bridgehead atoms. The molecule has 146 valence electrons. The van der Waals surface area contributed by atoms with Crippen LogP contribution in [0.25, 0.3) is 0 Å². The number of hydrogen-bond donors (Lipinski definition) is 1. The first kappa shape index (κ1) is 21.5. The normalized spacial score (nSPS) is 11.4. The number of benzene rings is 2. The summed E-state index contributed by atoms with van der Waals surface area (Å²) in [7, 11) is -3.53. The molecule has 0 radical (unpaired) electrons. The fourth-order valence-electron chi connectivity index (χ4n) is 2.34. The molecule has 0 aromatic heterocycles. The first-order valence-corrected chi connectivity index (χ1v) is 10.5. The molecule has 0 fully saturated rings. The number of hydrogen-bond acceptors (Lipinski definition) is 4. The minimum atomic E-state index is -3.53. The molecule has 0 spiro atoms. The number of ether oxygens (including phenoxy) is 1. The topological polar surface area (TPSA) is 75.7 Å². The van der Waals surface area contributed by atoms with Crippen molar-refractivity contribution >= 4 is 44.8 Å². The van der Waals surface area contributed by atoms with Crippen molar-refractivity contribution in [3.05, 3.63) is 52.5 Å². The van der Waals surface area contributed by atoms with Gasteiger partial charge in [0.1, 0.15) is 5.75 Å². The van der Waals surface area contributed by atoms with Gasteiger partial charge in [-0.15, -0.1) is 0 Å². The highest BCUT2D eigenvalue weighted by Crippen LogP contribution is 2.26. The van der Waals surface area contributed by atoms with E-state index in [0.717, 1.165) is 0 Å². The molecular weight excluding hydrogens is 411 g/mol. The number of nitrogens with one attached hydrogen (secondary N) is 1. The lowest BCUT2D eigenvalue weighted by molar-refractivity contribution is -0.118. The molecule has 2 aromatic carbocycles. The lowest BCUT2D eigenvalue weighted by Gasteiger charge is -2.18. The largest absolute Gasteiger partial charge is 0.484 e. The monoisotopic (exact) mass is 430 g/mol. The number of sulfonamides is 1. The van der Waals surface area contributed by atoms with Gasteiger partial charge >= 0.3 is 0 Å². The van der Waals surface area contributed by atoms with E-state index in [1.165, 1.54) is 34.6 Å². The third-order valence-electron chi connectivity index (χ3n) is 3.74. The second kappa shape index (κ2) is 9.41. The van der Waals surface area contributed by atoms with Gasteiger partial charge in [-0.2, -0.15) is 4.31 Å². The second-order valence-corrected chi connectivity index (χ2v) is 8.28. The molecule has 9 heteroatoms. The Hall–Kier alpha value is -1.80. The van der Waals surface area contributed by atoms with Crippen LogP contribution in [-0.4, -0.2) is 38.3 Å². The van der Waals surface area contributed by atoms with Crippen LogP contribution in [0.15, 0.2) is 47.4 Å². The molecule has 6 nitrogen and oxygen atoms in total. The van der Waals surface area contributed by atoms with Gasteiger partial charge in [0, 0.05) is 24.8 Å². The first-order valence-electron chi connectivity index (χ1n) is 8.25. The van der Waals surface area contributed by atoms with E-state index >= 15 is 0 Å². The van der Waals surface area contributed by atoms with Gasteiger partial charge in [-0.1, -0.05) is 37.0 Å². The van der Waals surface area contributed by atoms with E-state index in [1.54, 1.807) is 26.0 Å². The van der Waals surface area contributed by atoms with E-state index in [9.17, 15) is 13.2 Å². The minimum absolute atomic E-state index is 0.177. The molecule has 0 unspecified atom stereocenters. The van der Waals surface area contributed by atoms with Gasteiger partial charge in [-0.3, -0.25) is 4.79 Å². The van der Waals surface area contributed by atoms with E-state index in [0.29, 0.717) is 34.6 Å². The van der Waals surface area contributed by atoms with Gasteiger partial charge in [0.25, 0.3) is 5.91 Å². The van der Waals surface area contributed by atoms with E-state index in [1.807, 2.05) is 0 Å². The molecule has 27 heavy (non-hydrogen) atoms. The van der Waals surface area contributed by atoms with Crippen LogP contribution in [0, 0.1) is 0 Å². The van der Waals surface area contributed by atoms with Crippen LogP contribution >= 0.6 is 23.2 Å². The SMILES string of the molecule is CCN(CC)S(=O)(=O)c1ccc(NC(=O)COc2ccc(Cl)c(Cl)c2)cc1. The molecule has 1 N–H and O–H groups in total. The molecule has 0 aliphatic rings. The molecule has 0 aliphatic carbocycles. The second-order valence-electron chi connectivity index (χ2n) is 5.53. The van der Waals surface area contributed by atoms with E-state index in [-0.39, 0.29) is 17.4 Å². The van der Waals surface area contributed by atoms with Gasteiger partial charge in [-0.25, -0.2) is 8.42 Å². The summed E-state index contributed by atoms with van der Waals surface area (Å²) in [5, 5.41) is 3.37. The number of rotatable bonds is 8. The minimum Gasteiger partial charge on any atom is -0.484 e. The predicted molar refractivity (Wildman–Crippen MR) is 107 cm³/mol. The lowest BCUT2D eigenvalue weighted by Crippen LogP contribution is -2.30. The molecule has 0 heterocycles. The Morgan fingerprint density at radius 1 is 1.04 bits per heavy atom. The first-order chi connectivity index (χ1) is 12.8. The molecular formula is C18H20Cl2N2O4S. The smallest absolute Gasteiger partial charge is 0.262 e. The summed E-state index contributed by atoms with van der Waals surface area (Å²) in [6.07, 6.45) is 0. The van der Waals surface area contributed by atoms with Gasteiger partial charge in [0.05, 0.1) is 14.9 Å². The van der Waals surface area contributed by atoms with Crippen molar-refractivity contribution in [3.63, 3.8) is 0 Å². The zero-order valence-corrected chi connectivity index (χ0v) is 17.2. The molecule has 0 aliphatic heterocycles. The number of amides is 1. The van der Waals surface area contributed by atoms with Crippen molar-refractivity contribution in [2.75, 3.05) is 25.0 Å². The molecule has 2 aromatic rings. The highest BCUT2D eigenvalue weighted by atomic mass is 35.5. The van der Waals surface area contributed by atoms with Crippen molar-refractivity contribution in [3.8, 4) is 5.75 Å². The third kappa shape index (κ3) is 5.59. The van der Waals surface area contributed by atoms with Crippen LogP contribution in [-0.2, 0) is 14.8 Å². The Morgan fingerprint density at radius 2 is 1.67 bits per heavy atom. The van der Waals surface area contributed by atoms with Crippen molar-refractivity contribution in [2.24, 2.45) is 0 Å². The Morgan fingerprint density at radius 3 is 2.22 bits per heavy atom. The van der Waals surface area contributed by atoms with Crippen molar-refractivity contribution in [1.82, 2.24) is 4.31 Å². The quantitative estimate of drug-likeness (QED) is 0.685. The van der Waals surface area contributed by atoms with Crippen LogP contribution in [0.3, 0.4) is 0 Å².